The first kappa shape index (κ1) is 15.0. The minimum Gasteiger partial charge on any atom is -0.358 e. The second-order valence-corrected chi connectivity index (χ2v) is 4.91. The van der Waals surface area contributed by atoms with Crippen molar-refractivity contribution >= 4 is 11.8 Å². The Labute approximate surface area is 109 Å². The molecule has 2 amide bonds. The Morgan fingerprint density at radius 2 is 2.00 bits per heavy atom. The first-order chi connectivity index (χ1) is 8.63. The molecule has 104 valence electrons. The fourth-order valence-electron chi connectivity index (χ4n) is 2.65. The third kappa shape index (κ3) is 3.70. The fourth-order valence-corrected chi connectivity index (χ4v) is 2.65. The molecule has 1 aliphatic rings. The molecule has 18 heavy (non-hydrogen) atoms. The minimum atomic E-state index is -0.120. The standard InChI is InChI=1S/C13H25N3O2/c1-3-16(9-12(17)15-2)13(18)11-7-5-4-6-10(11)8-14/h10-11H,3-9,14H2,1-2H3,(H,15,17). The van der Waals surface area contributed by atoms with Crippen LogP contribution in [0.15, 0.2) is 0 Å². The largest absolute Gasteiger partial charge is 0.358 e. The van der Waals surface area contributed by atoms with Gasteiger partial charge in [-0.3, -0.25) is 9.59 Å². The first-order valence-electron chi connectivity index (χ1n) is 6.83. The summed E-state index contributed by atoms with van der Waals surface area (Å²) in [5.41, 5.74) is 5.75. The lowest BCUT2D eigenvalue weighted by Crippen LogP contribution is -2.45. The van der Waals surface area contributed by atoms with E-state index in [-0.39, 0.29) is 30.2 Å². The molecule has 3 N–H and O–H groups in total. The van der Waals surface area contributed by atoms with Crippen LogP contribution in [0.2, 0.25) is 0 Å². The van der Waals surface area contributed by atoms with Gasteiger partial charge >= 0.3 is 0 Å². The molecule has 2 atom stereocenters. The molecule has 1 rings (SSSR count). The molecule has 0 heterocycles. The molecular formula is C13H25N3O2. The van der Waals surface area contributed by atoms with E-state index in [1.165, 1.54) is 0 Å². The van der Waals surface area contributed by atoms with E-state index in [0.717, 1.165) is 25.7 Å². The lowest BCUT2D eigenvalue weighted by Gasteiger charge is -2.33. The van der Waals surface area contributed by atoms with Crippen molar-refractivity contribution in [3.63, 3.8) is 0 Å². The molecule has 0 aliphatic heterocycles. The van der Waals surface area contributed by atoms with Gasteiger partial charge in [0.25, 0.3) is 0 Å². The van der Waals surface area contributed by atoms with Crippen LogP contribution in [0.4, 0.5) is 0 Å². The monoisotopic (exact) mass is 255 g/mol. The van der Waals surface area contributed by atoms with Crippen LogP contribution >= 0.6 is 0 Å². The summed E-state index contributed by atoms with van der Waals surface area (Å²) in [7, 11) is 1.59. The van der Waals surface area contributed by atoms with Gasteiger partial charge in [-0.15, -0.1) is 0 Å². The van der Waals surface area contributed by atoms with E-state index in [1.54, 1.807) is 11.9 Å². The van der Waals surface area contributed by atoms with Gasteiger partial charge in [0.05, 0.1) is 6.54 Å². The summed E-state index contributed by atoms with van der Waals surface area (Å²) in [4.78, 5) is 25.5. The van der Waals surface area contributed by atoms with E-state index < -0.39 is 0 Å². The molecule has 5 nitrogen and oxygen atoms in total. The van der Waals surface area contributed by atoms with Crippen LogP contribution in [-0.4, -0.2) is 43.4 Å². The molecule has 0 bridgehead atoms. The average molecular weight is 255 g/mol. The number of carbonyl (C=O) groups excluding carboxylic acids is 2. The summed E-state index contributed by atoms with van der Waals surface area (Å²) in [6, 6.07) is 0. The maximum atomic E-state index is 12.4. The molecule has 0 saturated heterocycles. The highest BCUT2D eigenvalue weighted by molar-refractivity contribution is 5.86. The Morgan fingerprint density at radius 1 is 1.33 bits per heavy atom. The SMILES string of the molecule is CCN(CC(=O)NC)C(=O)C1CCCCC1CN. The van der Waals surface area contributed by atoms with Crippen LogP contribution in [-0.2, 0) is 9.59 Å². The lowest BCUT2D eigenvalue weighted by atomic mass is 9.78. The van der Waals surface area contributed by atoms with Gasteiger partial charge in [0, 0.05) is 19.5 Å². The van der Waals surface area contributed by atoms with Crippen molar-refractivity contribution < 1.29 is 9.59 Å². The van der Waals surface area contributed by atoms with E-state index in [0.29, 0.717) is 13.1 Å². The number of hydrogen-bond acceptors (Lipinski definition) is 3. The van der Waals surface area contributed by atoms with Crippen molar-refractivity contribution in [1.82, 2.24) is 10.2 Å². The van der Waals surface area contributed by atoms with Gasteiger partial charge in [-0.2, -0.15) is 0 Å². The summed E-state index contributed by atoms with van der Waals surface area (Å²) in [6.07, 6.45) is 4.19. The van der Waals surface area contributed by atoms with Crippen LogP contribution in [0.25, 0.3) is 0 Å². The topological polar surface area (TPSA) is 75.4 Å². The zero-order valence-electron chi connectivity index (χ0n) is 11.4. The van der Waals surface area contributed by atoms with Crippen LogP contribution in [0.3, 0.4) is 0 Å². The Kier molecular flexibility index (Phi) is 6.12. The third-order valence-electron chi connectivity index (χ3n) is 3.84. The first-order valence-corrected chi connectivity index (χ1v) is 6.83. The maximum Gasteiger partial charge on any atom is 0.239 e. The molecular weight excluding hydrogens is 230 g/mol. The van der Waals surface area contributed by atoms with Crippen LogP contribution in [0, 0.1) is 11.8 Å². The van der Waals surface area contributed by atoms with Gasteiger partial charge in [-0.05, 0) is 32.2 Å². The highest BCUT2D eigenvalue weighted by Gasteiger charge is 2.32. The second kappa shape index (κ2) is 7.36. The number of nitrogens with one attached hydrogen (secondary N) is 1. The molecule has 5 heteroatoms. The van der Waals surface area contributed by atoms with Gasteiger partial charge in [-0.25, -0.2) is 0 Å². The molecule has 0 spiro atoms. The number of carbonyl (C=O) groups is 2. The summed E-state index contributed by atoms with van der Waals surface area (Å²) < 4.78 is 0. The molecule has 0 aromatic carbocycles. The Balaban J connectivity index is 2.66. The summed E-state index contributed by atoms with van der Waals surface area (Å²) in [6.45, 7) is 3.19. The molecule has 1 aliphatic carbocycles. The normalized spacial score (nSPS) is 23.5. The zero-order valence-corrected chi connectivity index (χ0v) is 11.4. The summed E-state index contributed by atoms with van der Waals surface area (Å²) in [5, 5.41) is 2.56. The summed E-state index contributed by atoms with van der Waals surface area (Å²) >= 11 is 0. The van der Waals surface area contributed by atoms with Crippen molar-refractivity contribution in [2.45, 2.75) is 32.6 Å². The van der Waals surface area contributed by atoms with Gasteiger partial charge in [0.1, 0.15) is 0 Å². The van der Waals surface area contributed by atoms with Crippen LogP contribution in [0.5, 0.6) is 0 Å². The minimum absolute atomic E-state index is 0.00774. The quantitative estimate of drug-likeness (QED) is 0.744. The summed E-state index contributed by atoms with van der Waals surface area (Å²) in [5.74, 6) is 0.264. The average Bonchev–Trinajstić information content (AvgIpc) is 2.43. The van der Waals surface area contributed by atoms with E-state index in [9.17, 15) is 9.59 Å². The van der Waals surface area contributed by atoms with Crippen molar-refractivity contribution in [1.29, 1.82) is 0 Å². The predicted octanol–water partition coefficient (Wildman–Crippen LogP) is 0.346. The van der Waals surface area contributed by atoms with E-state index >= 15 is 0 Å². The van der Waals surface area contributed by atoms with Crippen molar-refractivity contribution in [2.75, 3.05) is 26.7 Å². The van der Waals surface area contributed by atoms with E-state index in [1.807, 2.05) is 6.92 Å². The van der Waals surface area contributed by atoms with Gasteiger partial charge in [0.15, 0.2) is 0 Å². The molecule has 2 unspecified atom stereocenters. The van der Waals surface area contributed by atoms with Gasteiger partial charge < -0.3 is 16.0 Å². The number of likely N-dealkylation sites (N-methyl/N-ethyl adjacent to an activating group) is 2. The number of hydrogen-bond donors (Lipinski definition) is 2. The molecule has 0 radical (unpaired) electrons. The maximum absolute atomic E-state index is 12.4. The second-order valence-electron chi connectivity index (χ2n) is 4.91. The Morgan fingerprint density at radius 3 is 2.56 bits per heavy atom. The van der Waals surface area contributed by atoms with Crippen molar-refractivity contribution in [2.24, 2.45) is 17.6 Å². The zero-order chi connectivity index (χ0) is 13.5. The highest BCUT2D eigenvalue weighted by atomic mass is 16.2. The Hall–Kier alpha value is -1.10. The number of amides is 2. The van der Waals surface area contributed by atoms with Gasteiger partial charge in [0.2, 0.25) is 11.8 Å². The van der Waals surface area contributed by atoms with Crippen LogP contribution in [0.1, 0.15) is 32.6 Å². The molecule has 1 saturated carbocycles. The fraction of sp³-hybridized carbons (Fsp3) is 0.846. The number of rotatable bonds is 5. The van der Waals surface area contributed by atoms with Gasteiger partial charge in [-0.1, -0.05) is 12.8 Å². The smallest absolute Gasteiger partial charge is 0.239 e. The van der Waals surface area contributed by atoms with Crippen LogP contribution < -0.4 is 11.1 Å². The molecule has 0 aromatic heterocycles. The van der Waals surface area contributed by atoms with E-state index in [2.05, 4.69) is 5.32 Å². The van der Waals surface area contributed by atoms with E-state index in [4.69, 9.17) is 5.73 Å². The van der Waals surface area contributed by atoms with Crippen molar-refractivity contribution in [3.05, 3.63) is 0 Å². The highest BCUT2D eigenvalue weighted by Crippen LogP contribution is 2.30. The number of nitrogens with zero attached hydrogens (tertiary/aromatic N) is 1. The number of nitrogens with two attached hydrogens (primary N) is 1. The predicted molar refractivity (Wildman–Crippen MR) is 70.8 cm³/mol. The Bertz CT molecular complexity index is 294. The lowest BCUT2D eigenvalue weighted by molar-refractivity contribution is -0.141. The molecule has 0 aromatic rings. The third-order valence-corrected chi connectivity index (χ3v) is 3.84. The molecule has 1 fully saturated rings. The van der Waals surface area contributed by atoms with Crippen molar-refractivity contribution in [3.8, 4) is 0 Å².